The van der Waals surface area contributed by atoms with Crippen LogP contribution in [-0.2, 0) is 4.79 Å². The van der Waals surface area contributed by atoms with Crippen LogP contribution in [0.1, 0.15) is 71.9 Å². The molecule has 6 heteroatoms. The number of carbonyl (C=O) groups is 3. The van der Waals surface area contributed by atoms with Crippen LogP contribution in [0.2, 0.25) is 0 Å². The average Bonchev–Trinajstić information content (AvgIpc) is 3.05. The third-order valence-electron chi connectivity index (χ3n) is 6.58. The van der Waals surface area contributed by atoms with Gasteiger partial charge in [0.15, 0.2) is 0 Å². The molecule has 0 spiro atoms. The molecule has 0 saturated carbocycles. The smallest absolute Gasteiger partial charge is 0.261 e. The number of imide groups is 1. The number of nitrogens with zero attached hydrogens (tertiary/aromatic N) is 2. The maximum Gasteiger partial charge on any atom is 0.261 e. The Morgan fingerprint density at radius 2 is 1.59 bits per heavy atom. The van der Waals surface area contributed by atoms with Crippen LogP contribution in [0.5, 0.6) is 0 Å². The van der Waals surface area contributed by atoms with Crippen molar-refractivity contribution in [1.82, 2.24) is 10.2 Å². The highest BCUT2D eigenvalue weighted by Gasteiger charge is 2.34. The zero-order chi connectivity index (χ0) is 22.7. The second kappa shape index (κ2) is 9.55. The van der Waals surface area contributed by atoms with Crippen LogP contribution in [-0.4, -0.2) is 42.3 Å². The summed E-state index contributed by atoms with van der Waals surface area (Å²) in [6, 6.07) is 15.2. The van der Waals surface area contributed by atoms with Gasteiger partial charge in [-0.3, -0.25) is 19.3 Å². The number of rotatable bonds is 7. The Balaban J connectivity index is 1.24. The van der Waals surface area contributed by atoms with Gasteiger partial charge in [0, 0.05) is 31.7 Å². The Hall–Kier alpha value is -3.15. The summed E-state index contributed by atoms with van der Waals surface area (Å²) in [7, 11) is 0. The van der Waals surface area contributed by atoms with E-state index in [1.807, 2.05) is 6.92 Å². The molecule has 2 aliphatic heterocycles. The molecule has 2 aromatic rings. The second-order valence-corrected chi connectivity index (χ2v) is 8.96. The lowest BCUT2D eigenvalue weighted by atomic mass is 9.98. The number of nitrogens with one attached hydrogen (secondary N) is 1. The van der Waals surface area contributed by atoms with E-state index >= 15 is 0 Å². The lowest BCUT2D eigenvalue weighted by Crippen LogP contribution is -2.33. The molecule has 1 N–H and O–H groups in total. The number of hydrogen-bond donors (Lipinski definition) is 1. The van der Waals surface area contributed by atoms with E-state index in [4.69, 9.17) is 0 Å². The maximum atomic E-state index is 12.4. The molecule has 2 aliphatic rings. The van der Waals surface area contributed by atoms with Crippen LogP contribution in [0.4, 0.5) is 5.69 Å². The third kappa shape index (κ3) is 4.69. The van der Waals surface area contributed by atoms with Gasteiger partial charge >= 0.3 is 0 Å². The molecule has 2 aromatic carbocycles. The summed E-state index contributed by atoms with van der Waals surface area (Å²) >= 11 is 0. The summed E-state index contributed by atoms with van der Waals surface area (Å²) in [6.45, 7) is 6.72. The van der Waals surface area contributed by atoms with Crippen LogP contribution in [0, 0.1) is 5.92 Å². The number of piperidine rings is 1. The zero-order valence-corrected chi connectivity index (χ0v) is 18.8. The van der Waals surface area contributed by atoms with Gasteiger partial charge in [0.1, 0.15) is 0 Å². The summed E-state index contributed by atoms with van der Waals surface area (Å²) in [5, 5.41) is 3.03. The van der Waals surface area contributed by atoms with Crippen molar-refractivity contribution < 1.29 is 14.4 Å². The Morgan fingerprint density at radius 3 is 2.19 bits per heavy atom. The van der Waals surface area contributed by atoms with E-state index in [-0.39, 0.29) is 36.7 Å². The van der Waals surface area contributed by atoms with Gasteiger partial charge in [0.25, 0.3) is 11.8 Å². The van der Waals surface area contributed by atoms with Gasteiger partial charge in [-0.25, -0.2) is 0 Å². The molecule has 0 radical (unpaired) electrons. The van der Waals surface area contributed by atoms with E-state index in [1.54, 1.807) is 24.3 Å². The predicted molar refractivity (Wildman–Crippen MR) is 125 cm³/mol. The van der Waals surface area contributed by atoms with Crippen LogP contribution in [0.25, 0.3) is 0 Å². The number of benzene rings is 2. The van der Waals surface area contributed by atoms with Gasteiger partial charge < -0.3 is 10.2 Å². The number of carbonyl (C=O) groups excluding carboxylic acids is 3. The highest BCUT2D eigenvalue weighted by atomic mass is 16.2. The fraction of sp³-hybridized carbons (Fsp3) is 0.423. The van der Waals surface area contributed by atoms with E-state index in [0.29, 0.717) is 17.5 Å². The summed E-state index contributed by atoms with van der Waals surface area (Å²) in [6.07, 6.45) is 3.17. The van der Waals surface area contributed by atoms with E-state index in [1.165, 1.54) is 23.4 Å². The van der Waals surface area contributed by atoms with Crippen LogP contribution < -0.4 is 10.2 Å². The first kappa shape index (κ1) is 22.1. The fourth-order valence-electron chi connectivity index (χ4n) is 4.48. The molecule has 32 heavy (non-hydrogen) atoms. The molecule has 1 fully saturated rings. The molecule has 0 unspecified atom stereocenters. The topological polar surface area (TPSA) is 69.7 Å². The van der Waals surface area contributed by atoms with E-state index in [2.05, 4.69) is 41.4 Å². The number of amides is 3. The second-order valence-electron chi connectivity index (χ2n) is 8.96. The van der Waals surface area contributed by atoms with E-state index in [0.717, 1.165) is 24.6 Å². The molecule has 1 atom stereocenters. The average molecular weight is 434 g/mol. The summed E-state index contributed by atoms with van der Waals surface area (Å²) in [5.41, 5.74) is 3.18. The maximum absolute atomic E-state index is 12.4. The SMILES string of the molecule is CC1CCN(c2ccc([C@@H](C)NC(=O)CCCN3C(=O)c4ccccc4C3=O)cc2)CC1. The highest BCUT2D eigenvalue weighted by Crippen LogP contribution is 2.25. The molecule has 6 nitrogen and oxygen atoms in total. The summed E-state index contributed by atoms with van der Waals surface area (Å²) in [4.78, 5) is 40.9. The standard InChI is InChI=1S/C26H31N3O3/c1-18-13-16-28(17-14-18)21-11-9-20(10-12-21)19(2)27-24(30)8-5-15-29-25(31)22-6-3-4-7-23(22)26(29)32/h3-4,6-7,9-12,18-19H,5,8,13-17H2,1-2H3,(H,27,30)/t19-/m1/s1. The summed E-state index contributed by atoms with van der Waals surface area (Å²) < 4.78 is 0. The normalized spacial score (nSPS) is 17.4. The van der Waals surface area contributed by atoms with Gasteiger partial charge in [-0.1, -0.05) is 31.2 Å². The van der Waals surface area contributed by atoms with Gasteiger partial charge in [-0.05, 0) is 61.9 Å². The van der Waals surface area contributed by atoms with Crippen molar-refractivity contribution >= 4 is 23.4 Å². The number of fused-ring (bicyclic) bond motifs is 1. The van der Waals surface area contributed by atoms with Gasteiger partial charge in [-0.15, -0.1) is 0 Å². The number of hydrogen-bond acceptors (Lipinski definition) is 4. The van der Waals surface area contributed by atoms with Crippen molar-refractivity contribution in [2.24, 2.45) is 5.92 Å². The van der Waals surface area contributed by atoms with Crippen molar-refractivity contribution in [3.05, 3.63) is 65.2 Å². The molecule has 1 saturated heterocycles. The molecule has 0 aromatic heterocycles. The first-order valence-electron chi connectivity index (χ1n) is 11.5. The molecule has 168 valence electrons. The first-order chi connectivity index (χ1) is 15.4. The van der Waals surface area contributed by atoms with Gasteiger partial charge in [0.05, 0.1) is 17.2 Å². The predicted octanol–water partition coefficient (Wildman–Crippen LogP) is 4.18. The van der Waals surface area contributed by atoms with Crippen molar-refractivity contribution in [3.8, 4) is 0 Å². The van der Waals surface area contributed by atoms with E-state index in [9.17, 15) is 14.4 Å². The quantitative estimate of drug-likeness (QED) is 0.665. The Kier molecular flexibility index (Phi) is 6.58. The van der Waals surface area contributed by atoms with Crippen LogP contribution in [0.3, 0.4) is 0 Å². The minimum atomic E-state index is -0.275. The van der Waals surface area contributed by atoms with Crippen molar-refractivity contribution in [2.75, 3.05) is 24.5 Å². The lowest BCUT2D eigenvalue weighted by molar-refractivity contribution is -0.121. The minimum absolute atomic E-state index is 0.0804. The van der Waals surface area contributed by atoms with Crippen LogP contribution >= 0.6 is 0 Å². The Bertz CT molecular complexity index is 959. The Morgan fingerprint density at radius 1 is 1.00 bits per heavy atom. The Labute approximate surface area is 189 Å². The molecule has 2 heterocycles. The van der Waals surface area contributed by atoms with Gasteiger partial charge in [-0.2, -0.15) is 0 Å². The molecule has 3 amide bonds. The largest absolute Gasteiger partial charge is 0.372 e. The monoisotopic (exact) mass is 433 g/mol. The molecule has 0 bridgehead atoms. The van der Waals surface area contributed by atoms with Crippen molar-refractivity contribution in [2.45, 2.75) is 45.6 Å². The van der Waals surface area contributed by atoms with Gasteiger partial charge in [0.2, 0.25) is 5.91 Å². The molecular formula is C26H31N3O3. The van der Waals surface area contributed by atoms with Crippen molar-refractivity contribution in [3.63, 3.8) is 0 Å². The summed E-state index contributed by atoms with van der Waals surface area (Å²) in [5.74, 6) is 0.172. The van der Waals surface area contributed by atoms with Crippen LogP contribution in [0.15, 0.2) is 48.5 Å². The fourth-order valence-corrected chi connectivity index (χ4v) is 4.48. The number of anilines is 1. The molecule has 4 rings (SSSR count). The third-order valence-corrected chi connectivity index (χ3v) is 6.58. The first-order valence-corrected chi connectivity index (χ1v) is 11.5. The highest BCUT2D eigenvalue weighted by molar-refractivity contribution is 6.21. The molecular weight excluding hydrogens is 402 g/mol. The van der Waals surface area contributed by atoms with E-state index < -0.39 is 0 Å². The van der Waals surface area contributed by atoms with Crippen molar-refractivity contribution in [1.29, 1.82) is 0 Å². The lowest BCUT2D eigenvalue weighted by Gasteiger charge is -2.32. The molecule has 0 aliphatic carbocycles. The zero-order valence-electron chi connectivity index (χ0n) is 18.8. The minimum Gasteiger partial charge on any atom is -0.372 e.